The number of nitrogens with one attached hydrogen (secondary N) is 1. The number of nitrogens with zero attached hydrogens (tertiary/aromatic N) is 4. The molecule has 3 heterocycles. The molecule has 2 aromatic heterocycles. The molecule has 0 saturated carbocycles. The fourth-order valence-corrected chi connectivity index (χ4v) is 4.24. The van der Waals surface area contributed by atoms with Crippen LogP contribution in [0.3, 0.4) is 0 Å². The van der Waals surface area contributed by atoms with Gasteiger partial charge in [0, 0.05) is 42.3 Å². The van der Waals surface area contributed by atoms with Gasteiger partial charge in [-0.1, -0.05) is 43.2 Å². The number of hydrogen-bond acceptors (Lipinski definition) is 4. The zero-order chi connectivity index (χ0) is 22.7. The summed E-state index contributed by atoms with van der Waals surface area (Å²) in [5, 5.41) is 7.80. The molecule has 0 unspecified atom stereocenters. The van der Waals surface area contributed by atoms with Crippen LogP contribution < -0.4 is 5.32 Å². The van der Waals surface area contributed by atoms with Crippen LogP contribution in [0.15, 0.2) is 67.1 Å². The molecular formula is C27H33N5O. The maximum Gasteiger partial charge on any atom is 0.244 e. The maximum atomic E-state index is 12.4. The first-order valence-corrected chi connectivity index (χ1v) is 12.0. The molecule has 0 radical (unpaired) electrons. The molecule has 3 aromatic rings. The van der Waals surface area contributed by atoms with E-state index in [4.69, 9.17) is 5.10 Å². The van der Waals surface area contributed by atoms with E-state index < -0.39 is 0 Å². The Bertz CT molecular complexity index is 1020. The molecule has 0 atom stereocenters. The summed E-state index contributed by atoms with van der Waals surface area (Å²) >= 11 is 0. The molecule has 172 valence electrons. The molecule has 1 saturated heterocycles. The topological polar surface area (TPSA) is 63.1 Å². The van der Waals surface area contributed by atoms with Crippen molar-refractivity contribution in [3.8, 4) is 11.3 Å². The monoisotopic (exact) mass is 443 g/mol. The van der Waals surface area contributed by atoms with Crippen LogP contribution in [0.1, 0.15) is 43.2 Å². The first-order valence-electron chi connectivity index (χ1n) is 12.0. The molecule has 6 heteroatoms. The second kappa shape index (κ2) is 12.1. The van der Waals surface area contributed by atoms with E-state index >= 15 is 0 Å². The lowest BCUT2D eigenvalue weighted by Crippen LogP contribution is -2.30. The number of carbonyl (C=O) groups is 1. The van der Waals surface area contributed by atoms with Gasteiger partial charge < -0.3 is 10.2 Å². The standard InChI is InChI=1S/C27H33N5O/c33-26(29-16-9-19-31-17-6-1-2-7-18-31)14-13-25-22-32(21-23-10-4-3-5-11-23)30-27(25)24-12-8-15-28-20-24/h3-5,8,10-15,20,22H,1-2,6-7,9,16-19,21H2,(H,29,33)/b14-13+. The number of rotatable bonds is 9. The Labute approximate surface area is 196 Å². The number of likely N-dealkylation sites (tertiary alicyclic amines) is 1. The van der Waals surface area contributed by atoms with Crippen molar-refractivity contribution in [2.24, 2.45) is 0 Å². The van der Waals surface area contributed by atoms with Crippen molar-refractivity contribution < 1.29 is 4.79 Å². The summed E-state index contributed by atoms with van der Waals surface area (Å²) in [5.41, 5.74) is 3.83. The Balaban J connectivity index is 1.36. The van der Waals surface area contributed by atoms with Crippen LogP contribution in [0.4, 0.5) is 0 Å². The molecule has 0 bridgehead atoms. The zero-order valence-corrected chi connectivity index (χ0v) is 19.2. The van der Waals surface area contributed by atoms with Gasteiger partial charge in [-0.2, -0.15) is 5.10 Å². The first-order chi connectivity index (χ1) is 16.3. The van der Waals surface area contributed by atoms with Crippen LogP contribution in [0.5, 0.6) is 0 Å². The highest BCUT2D eigenvalue weighted by Crippen LogP contribution is 2.23. The van der Waals surface area contributed by atoms with E-state index in [0.29, 0.717) is 13.1 Å². The highest BCUT2D eigenvalue weighted by Gasteiger charge is 2.11. The summed E-state index contributed by atoms with van der Waals surface area (Å²) in [6.45, 7) is 4.81. The zero-order valence-electron chi connectivity index (χ0n) is 19.2. The van der Waals surface area contributed by atoms with Crippen molar-refractivity contribution in [2.75, 3.05) is 26.2 Å². The molecule has 1 amide bonds. The Kier molecular flexibility index (Phi) is 8.42. The number of pyridine rings is 1. The fraction of sp³-hybridized carbons (Fsp3) is 0.370. The highest BCUT2D eigenvalue weighted by atomic mass is 16.1. The van der Waals surface area contributed by atoms with Gasteiger partial charge in [0.25, 0.3) is 0 Å². The van der Waals surface area contributed by atoms with Gasteiger partial charge in [0.2, 0.25) is 5.91 Å². The average molecular weight is 444 g/mol. The molecule has 1 aromatic carbocycles. The van der Waals surface area contributed by atoms with Gasteiger partial charge in [-0.3, -0.25) is 14.5 Å². The minimum Gasteiger partial charge on any atom is -0.353 e. The minimum absolute atomic E-state index is 0.0705. The van der Waals surface area contributed by atoms with E-state index in [-0.39, 0.29) is 5.91 Å². The minimum atomic E-state index is -0.0705. The molecule has 6 nitrogen and oxygen atoms in total. The third kappa shape index (κ3) is 7.12. The Morgan fingerprint density at radius 3 is 2.61 bits per heavy atom. The normalized spacial score (nSPS) is 14.9. The van der Waals surface area contributed by atoms with Crippen LogP contribution in [0.25, 0.3) is 17.3 Å². The molecule has 1 aliphatic heterocycles. The lowest BCUT2D eigenvalue weighted by Gasteiger charge is -2.19. The summed E-state index contributed by atoms with van der Waals surface area (Å²) in [6.07, 6.45) is 15.3. The molecule has 1 N–H and O–H groups in total. The Hall–Kier alpha value is -3.25. The van der Waals surface area contributed by atoms with E-state index in [1.54, 1.807) is 18.5 Å². The molecule has 0 aliphatic carbocycles. The highest BCUT2D eigenvalue weighted by molar-refractivity contribution is 5.92. The van der Waals surface area contributed by atoms with Crippen molar-refractivity contribution in [3.63, 3.8) is 0 Å². The van der Waals surface area contributed by atoms with Gasteiger partial charge in [0.1, 0.15) is 5.69 Å². The van der Waals surface area contributed by atoms with Crippen molar-refractivity contribution in [1.29, 1.82) is 0 Å². The van der Waals surface area contributed by atoms with Crippen LogP contribution in [0, 0.1) is 0 Å². The number of carbonyl (C=O) groups excluding carboxylic acids is 1. The first kappa shape index (κ1) is 22.9. The summed E-state index contributed by atoms with van der Waals surface area (Å²) in [5.74, 6) is -0.0705. The Morgan fingerprint density at radius 2 is 1.85 bits per heavy atom. The molecule has 1 fully saturated rings. The number of aromatic nitrogens is 3. The summed E-state index contributed by atoms with van der Waals surface area (Å²) in [4.78, 5) is 19.2. The van der Waals surface area contributed by atoms with Crippen molar-refractivity contribution in [2.45, 2.75) is 38.6 Å². The second-order valence-electron chi connectivity index (χ2n) is 8.59. The smallest absolute Gasteiger partial charge is 0.244 e. The van der Waals surface area contributed by atoms with Crippen molar-refractivity contribution in [1.82, 2.24) is 25.0 Å². The van der Waals surface area contributed by atoms with E-state index in [0.717, 1.165) is 29.8 Å². The van der Waals surface area contributed by atoms with E-state index in [1.165, 1.54) is 44.3 Å². The Morgan fingerprint density at radius 1 is 1.03 bits per heavy atom. The maximum absolute atomic E-state index is 12.4. The van der Waals surface area contributed by atoms with Gasteiger partial charge in [0.05, 0.1) is 6.54 Å². The summed E-state index contributed by atoms with van der Waals surface area (Å²) in [6, 6.07) is 14.1. The van der Waals surface area contributed by atoms with Gasteiger partial charge in [-0.05, 0) is 62.7 Å². The van der Waals surface area contributed by atoms with Crippen LogP contribution >= 0.6 is 0 Å². The molecule has 0 spiro atoms. The van der Waals surface area contributed by atoms with E-state index in [2.05, 4.69) is 27.3 Å². The van der Waals surface area contributed by atoms with Gasteiger partial charge in [0.15, 0.2) is 0 Å². The third-order valence-corrected chi connectivity index (χ3v) is 5.98. The predicted octanol–water partition coefficient (Wildman–Crippen LogP) is 4.39. The molecule has 33 heavy (non-hydrogen) atoms. The van der Waals surface area contributed by atoms with Crippen molar-refractivity contribution in [3.05, 3.63) is 78.3 Å². The molecule has 1 aliphatic rings. The second-order valence-corrected chi connectivity index (χ2v) is 8.59. The largest absolute Gasteiger partial charge is 0.353 e. The molecule has 4 rings (SSSR count). The van der Waals surface area contributed by atoms with E-state index in [9.17, 15) is 4.79 Å². The summed E-state index contributed by atoms with van der Waals surface area (Å²) < 4.78 is 1.91. The third-order valence-electron chi connectivity index (χ3n) is 5.98. The number of benzene rings is 1. The van der Waals surface area contributed by atoms with Crippen LogP contribution in [-0.2, 0) is 11.3 Å². The number of amides is 1. The summed E-state index contributed by atoms with van der Waals surface area (Å²) in [7, 11) is 0. The van der Waals surface area contributed by atoms with Gasteiger partial charge in [-0.25, -0.2) is 0 Å². The van der Waals surface area contributed by atoms with E-state index in [1.807, 2.05) is 47.3 Å². The average Bonchev–Trinajstić information content (AvgIpc) is 3.06. The lowest BCUT2D eigenvalue weighted by molar-refractivity contribution is -0.116. The fourth-order valence-electron chi connectivity index (χ4n) is 4.24. The van der Waals surface area contributed by atoms with Crippen molar-refractivity contribution >= 4 is 12.0 Å². The van der Waals surface area contributed by atoms with Gasteiger partial charge >= 0.3 is 0 Å². The lowest BCUT2D eigenvalue weighted by atomic mass is 10.1. The SMILES string of the molecule is O=C(/C=C/c1cn(Cc2ccccc2)nc1-c1cccnc1)NCCCN1CCCCCC1. The number of hydrogen-bond donors (Lipinski definition) is 1. The quantitative estimate of drug-likeness (QED) is 0.394. The van der Waals surface area contributed by atoms with Crippen LogP contribution in [0.2, 0.25) is 0 Å². The van der Waals surface area contributed by atoms with Gasteiger partial charge in [-0.15, -0.1) is 0 Å². The molecular weight excluding hydrogens is 410 g/mol. The predicted molar refractivity (Wildman–Crippen MR) is 133 cm³/mol. The van der Waals surface area contributed by atoms with Crippen LogP contribution in [-0.4, -0.2) is 51.8 Å².